The van der Waals surface area contributed by atoms with E-state index < -0.39 is 0 Å². The van der Waals surface area contributed by atoms with Crippen molar-refractivity contribution in [3.63, 3.8) is 0 Å². The second kappa shape index (κ2) is 7.29. The van der Waals surface area contributed by atoms with Crippen molar-refractivity contribution in [3.05, 3.63) is 45.3 Å². The molecule has 0 aliphatic carbocycles. The van der Waals surface area contributed by atoms with E-state index in [0.717, 1.165) is 38.8 Å². The van der Waals surface area contributed by atoms with Crippen molar-refractivity contribution in [3.8, 4) is 0 Å². The van der Waals surface area contributed by atoms with Crippen molar-refractivity contribution in [2.24, 2.45) is 0 Å². The summed E-state index contributed by atoms with van der Waals surface area (Å²) in [5, 5.41) is 0.740. The van der Waals surface area contributed by atoms with Gasteiger partial charge in [-0.15, -0.1) is 11.8 Å². The normalized spacial score (nSPS) is 10.8. The van der Waals surface area contributed by atoms with E-state index in [-0.39, 0.29) is 0 Å². The van der Waals surface area contributed by atoms with Crippen molar-refractivity contribution in [1.82, 2.24) is 9.97 Å². The molecular weight excluding hydrogens is 358 g/mol. The highest BCUT2D eigenvalue weighted by atomic mass is 79.9. The highest BCUT2D eigenvalue weighted by Crippen LogP contribution is 2.26. The maximum atomic E-state index is 5.92. The van der Waals surface area contributed by atoms with Crippen molar-refractivity contribution >= 4 is 45.1 Å². The van der Waals surface area contributed by atoms with E-state index in [1.807, 2.05) is 24.3 Å². The number of anilines is 1. The quantitative estimate of drug-likeness (QED) is 0.772. The van der Waals surface area contributed by atoms with E-state index in [2.05, 4.69) is 32.8 Å². The molecule has 0 unspecified atom stereocenters. The van der Waals surface area contributed by atoms with Gasteiger partial charge in [0.15, 0.2) is 0 Å². The molecule has 20 heavy (non-hydrogen) atoms. The molecule has 2 aromatic rings. The number of aryl methyl sites for hydroxylation is 1. The molecule has 1 heterocycles. The molecule has 3 nitrogen and oxygen atoms in total. The van der Waals surface area contributed by atoms with E-state index in [4.69, 9.17) is 17.3 Å². The molecule has 6 heteroatoms. The fraction of sp³-hybridized carbons (Fsp3) is 0.286. The summed E-state index contributed by atoms with van der Waals surface area (Å²) < 4.78 is 0.819. The average Bonchev–Trinajstić information content (AvgIpc) is 2.44. The molecular formula is C14H15BrClN3S. The third-order valence-corrected chi connectivity index (χ3v) is 4.78. The maximum absolute atomic E-state index is 5.92. The molecule has 106 valence electrons. The summed E-state index contributed by atoms with van der Waals surface area (Å²) >= 11 is 11.0. The lowest BCUT2D eigenvalue weighted by Gasteiger charge is -2.08. The molecule has 1 aromatic carbocycles. The molecule has 2 rings (SSSR count). The Balaban J connectivity index is 2.11. The third-order valence-electron chi connectivity index (χ3n) is 2.66. The molecule has 0 saturated heterocycles. The van der Waals surface area contributed by atoms with Crippen molar-refractivity contribution in [1.29, 1.82) is 0 Å². The summed E-state index contributed by atoms with van der Waals surface area (Å²) in [5.74, 6) is 1.96. The Morgan fingerprint density at radius 3 is 2.60 bits per heavy atom. The van der Waals surface area contributed by atoms with Gasteiger partial charge >= 0.3 is 0 Å². The van der Waals surface area contributed by atoms with Gasteiger partial charge < -0.3 is 5.73 Å². The zero-order chi connectivity index (χ0) is 14.5. The van der Waals surface area contributed by atoms with Crippen molar-refractivity contribution < 1.29 is 0 Å². The molecule has 0 spiro atoms. The fourth-order valence-electron chi connectivity index (χ4n) is 1.71. The van der Waals surface area contributed by atoms with E-state index in [0.29, 0.717) is 11.6 Å². The fourth-order valence-corrected chi connectivity index (χ4v) is 2.97. The van der Waals surface area contributed by atoms with E-state index in [1.54, 1.807) is 11.8 Å². The number of nitrogens with zero attached hydrogens (tertiary/aromatic N) is 2. The maximum Gasteiger partial charge on any atom is 0.141 e. The predicted octanol–water partition coefficient (Wildman–Crippen LogP) is 4.72. The summed E-state index contributed by atoms with van der Waals surface area (Å²) in [5.41, 5.74) is 6.89. The minimum atomic E-state index is 0.509. The summed E-state index contributed by atoms with van der Waals surface area (Å²) in [6.07, 6.45) is 1.92. The van der Waals surface area contributed by atoms with Crippen LogP contribution in [0.15, 0.2) is 33.6 Å². The topological polar surface area (TPSA) is 51.8 Å². The molecule has 1 aromatic heterocycles. The summed E-state index contributed by atoms with van der Waals surface area (Å²) in [6.45, 7) is 2.12. The smallest absolute Gasteiger partial charge is 0.141 e. The average molecular weight is 373 g/mol. The molecule has 2 N–H and O–H groups in total. The minimum absolute atomic E-state index is 0.509. The van der Waals surface area contributed by atoms with Gasteiger partial charge in [-0.2, -0.15) is 0 Å². The van der Waals surface area contributed by atoms with E-state index in [1.165, 1.54) is 0 Å². The van der Waals surface area contributed by atoms with Gasteiger partial charge in [0.25, 0.3) is 0 Å². The van der Waals surface area contributed by atoms with Gasteiger partial charge in [-0.1, -0.05) is 24.9 Å². The van der Waals surface area contributed by atoms with Crippen LogP contribution in [0.5, 0.6) is 0 Å². The Morgan fingerprint density at radius 2 is 1.95 bits per heavy atom. The van der Waals surface area contributed by atoms with Crippen LogP contribution in [-0.4, -0.2) is 9.97 Å². The lowest BCUT2D eigenvalue weighted by Crippen LogP contribution is -2.04. The molecule has 0 atom stereocenters. The second-order valence-electron chi connectivity index (χ2n) is 4.28. The van der Waals surface area contributed by atoms with Crippen LogP contribution in [-0.2, 0) is 12.2 Å². The molecule has 0 aliphatic rings. The third kappa shape index (κ3) is 4.11. The number of nitrogens with two attached hydrogens (primary N) is 1. The Labute approximate surface area is 136 Å². The Morgan fingerprint density at radius 1 is 1.25 bits per heavy atom. The second-order valence-corrected chi connectivity index (χ2v) is 6.56. The zero-order valence-corrected chi connectivity index (χ0v) is 14.2. The van der Waals surface area contributed by atoms with Crippen LogP contribution < -0.4 is 5.73 Å². The first-order valence-electron chi connectivity index (χ1n) is 6.29. The number of hydrogen-bond acceptors (Lipinski definition) is 4. The summed E-state index contributed by atoms with van der Waals surface area (Å²) in [7, 11) is 0. The lowest BCUT2D eigenvalue weighted by molar-refractivity contribution is 0.848. The van der Waals surface area contributed by atoms with Crippen LogP contribution in [0, 0.1) is 0 Å². The Hall–Kier alpha value is -0.780. The summed E-state index contributed by atoms with van der Waals surface area (Å²) in [4.78, 5) is 10.0. The molecule has 0 bridgehead atoms. The minimum Gasteiger partial charge on any atom is -0.383 e. The van der Waals surface area contributed by atoms with Gasteiger partial charge in [-0.3, -0.25) is 0 Å². The van der Waals surface area contributed by atoms with E-state index >= 15 is 0 Å². The number of benzene rings is 1. The van der Waals surface area contributed by atoms with Crippen molar-refractivity contribution in [2.45, 2.75) is 30.4 Å². The van der Waals surface area contributed by atoms with E-state index in [9.17, 15) is 0 Å². The molecule has 0 saturated carbocycles. The van der Waals surface area contributed by atoms with Crippen LogP contribution in [0.2, 0.25) is 5.02 Å². The van der Waals surface area contributed by atoms with Crippen molar-refractivity contribution in [2.75, 3.05) is 5.73 Å². The Kier molecular flexibility index (Phi) is 5.69. The number of hydrogen-bond donors (Lipinski definition) is 1. The van der Waals surface area contributed by atoms with Gasteiger partial charge in [-0.25, -0.2) is 9.97 Å². The predicted molar refractivity (Wildman–Crippen MR) is 89.2 cm³/mol. The van der Waals surface area contributed by atoms with Gasteiger partial charge in [-0.05, 0) is 46.6 Å². The van der Waals surface area contributed by atoms with Crippen LogP contribution in [0.4, 0.5) is 5.82 Å². The van der Waals surface area contributed by atoms with Crippen LogP contribution in [0.25, 0.3) is 0 Å². The van der Waals surface area contributed by atoms with Gasteiger partial charge in [0.1, 0.15) is 11.6 Å². The van der Waals surface area contributed by atoms with Gasteiger partial charge in [0, 0.05) is 9.92 Å². The van der Waals surface area contributed by atoms with Crippen LogP contribution in [0.3, 0.4) is 0 Å². The molecule has 0 aliphatic heterocycles. The first kappa shape index (κ1) is 15.6. The summed E-state index contributed by atoms with van der Waals surface area (Å²) in [6, 6.07) is 7.73. The standard InChI is InChI=1S/C14H15BrClN3S/c1-2-3-11-13(15)14(17)19-12(18-11)8-20-10-6-4-9(16)5-7-10/h4-7H,2-3,8H2,1H3,(H2,17,18,19). The first-order chi connectivity index (χ1) is 9.60. The number of rotatable bonds is 5. The molecule has 0 fully saturated rings. The largest absolute Gasteiger partial charge is 0.383 e. The zero-order valence-electron chi connectivity index (χ0n) is 11.1. The number of halogens is 2. The number of thioether (sulfide) groups is 1. The van der Waals surface area contributed by atoms with Gasteiger partial charge in [0.05, 0.1) is 15.9 Å². The van der Waals surface area contributed by atoms with Crippen LogP contribution >= 0.6 is 39.3 Å². The van der Waals surface area contributed by atoms with Crippen LogP contribution in [0.1, 0.15) is 24.9 Å². The first-order valence-corrected chi connectivity index (χ1v) is 8.45. The monoisotopic (exact) mass is 371 g/mol. The highest BCUT2D eigenvalue weighted by molar-refractivity contribution is 9.10. The number of aromatic nitrogens is 2. The Bertz CT molecular complexity index is 590. The highest BCUT2D eigenvalue weighted by Gasteiger charge is 2.09. The van der Waals surface area contributed by atoms with Gasteiger partial charge in [0.2, 0.25) is 0 Å². The number of nitrogen functional groups attached to an aromatic ring is 1. The lowest BCUT2D eigenvalue weighted by atomic mass is 10.2. The molecule has 0 amide bonds. The molecule has 0 radical (unpaired) electrons. The SMILES string of the molecule is CCCc1nc(CSc2ccc(Cl)cc2)nc(N)c1Br.